The summed E-state index contributed by atoms with van der Waals surface area (Å²) in [5.74, 6) is 0.668. The molecule has 0 radical (unpaired) electrons. The zero-order valence-corrected chi connectivity index (χ0v) is 10.2. The van der Waals surface area contributed by atoms with Gasteiger partial charge < -0.3 is 15.2 Å². The van der Waals surface area contributed by atoms with Crippen LogP contribution in [0.3, 0.4) is 0 Å². The van der Waals surface area contributed by atoms with Crippen LogP contribution < -0.4 is 5.73 Å². The summed E-state index contributed by atoms with van der Waals surface area (Å²) in [5, 5.41) is 0. The molecule has 1 fully saturated rings. The van der Waals surface area contributed by atoms with E-state index in [9.17, 15) is 0 Å². The molecule has 2 rings (SSSR count). The van der Waals surface area contributed by atoms with E-state index in [-0.39, 0.29) is 0 Å². The summed E-state index contributed by atoms with van der Waals surface area (Å²) in [5.41, 5.74) is 6.62. The van der Waals surface area contributed by atoms with Crippen LogP contribution in [0.15, 0.2) is 30.3 Å². The summed E-state index contributed by atoms with van der Waals surface area (Å²) in [4.78, 5) is 0. The van der Waals surface area contributed by atoms with Crippen LogP contribution in [0.5, 0.6) is 0 Å². The van der Waals surface area contributed by atoms with Crippen molar-refractivity contribution < 1.29 is 9.47 Å². The van der Waals surface area contributed by atoms with Crippen molar-refractivity contribution in [1.82, 2.24) is 0 Å². The zero-order chi connectivity index (χ0) is 11.9. The Kier molecular flexibility index (Phi) is 4.98. The molecule has 0 aromatic heterocycles. The van der Waals surface area contributed by atoms with Gasteiger partial charge in [0.15, 0.2) is 0 Å². The lowest BCUT2D eigenvalue weighted by Gasteiger charge is -2.34. The number of nitrogens with two attached hydrogens (primary N) is 1. The predicted molar refractivity (Wildman–Crippen MR) is 67.6 cm³/mol. The minimum Gasteiger partial charge on any atom is -0.377 e. The highest BCUT2D eigenvalue weighted by molar-refractivity contribution is 5.13. The molecule has 3 nitrogen and oxygen atoms in total. The number of hydrogen-bond donors (Lipinski definition) is 1. The van der Waals surface area contributed by atoms with Crippen molar-refractivity contribution in [1.29, 1.82) is 0 Å². The Hall–Kier alpha value is -0.900. The highest BCUT2D eigenvalue weighted by atomic mass is 16.5. The summed E-state index contributed by atoms with van der Waals surface area (Å²) < 4.78 is 11.2. The highest BCUT2D eigenvalue weighted by Crippen LogP contribution is 2.30. The van der Waals surface area contributed by atoms with Gasteiger partial charge in [0.25, 0.3) is 0 Å². The maximum Gasteiger partial charge on any atom is 0.0717 e. The Morgan fingerprint density at radius 3 is 2.65 bits per heavy atom. The molecule has 1 aliphatic rings. The van der Waals surface area contributed by atoms with Crippen LogP contribution in [0.1, 0.15) is 18.4 Å². The van der Waals surface area contributed by atoms with Crippen LogP contribution in [0, 0.1) is 5.92 Å². The lowest BCUT2D eigenvalue weighted by molar-refractivity contribution is -0.0559. The molecule has 0 atom stereocenters. The first-order valence-electron chi connectivity index (χ1n) is 6.32. The first-order chi connectivity index (χ1) is 8.38. The highest BCUT2D eigenvalue weighted by Gasteiger charge is 2.29. The van der Waals surface area contributed by atoms with Crippen molar-refractivity contribution in [3.05, 3.63) is 35.9 Å². The summed E-state index contributed by atoms with van der Waals surface area (Å²) in [6, 6.07) is 10.3. The fourth-order valence-corrected chi connectivity index (χ4v) is 2.10. The van der Waals surface area contributed by atoms with Crippen LogP contribution in [0.4, 0.5) is 0 Å². The minimum absolute atomic E-state index is 0.420. The van der Waals surface area contributed by atoms with E-state index in [4.69, 9.17) is 15.2 Å². The monoisotopic (exact) mass is 235 g/mol. The molecule has 0 amide bonds. The molecule has 3 heteroatoms. The Bertz CT molecular complexity index is 309. The van der Waals surface area contributed by atoms with Crippen molar-refractivity contribution in [2.75, 3.05) is 19.8 Å². The van der Waals surface area contributed by atoms with E-state index in [1.165, 1.54) is 5.56 Å². The van der Waals surface area contributed by atoms with Crippen LogP contribution >= 0.6 is 0 Å². The molecular formula is C14H21NO2. The quantitative estimate of drug-likeness (QED) is 0.785. The van der Waals surface area contributed by atoms with Gasteiger partial charge in [0, 0.05) is 6.54 Å². The largest absolute Gasteiger partial charge is 0.377 e. The molecule has 0 heterocycles. The molecule has 0 unspecified atom stereocenters. The van der Waals surface area contributed by atoms with Crippen molar-refractivity contribution >= 4 is 0 Å². The second-order valence-electron chi connectivity index (χ2n) is 4.62. The van der Waals surface area contributed by atoms with E-state index < -0.39 is 0 Å². The Morgan fingerprint density at radius 1 is 1.18 bits per heavy atom. The van der Waals surface area contributed by atoms with Gasteiger partial charge in [-0.25, -0.2) is 0 Å². The molecule has 0 saturated heterocycles. The lowest BCUT2D eigenvalue weighted by atomic mass is 9.83. The predicted octanol–water partition coefficient (Wildman–Crippen LogP) is 1.96. The average Bonchev–Trinajstić information content (AvgIpc) is 2.32. The molecule has 94 valence electrons. The molecule has 1 saturated carbocycles. The van der Waals surface area contributed by atoms with Gasteiger partial charge in [0.1, 0.15) is 0 Å². The summed E-state index contributed by atoms with van der Waals surface area (Å²) in [6.45, 7) is 2.86. The van der Waals surface area contributed by atoms with Gasteiger partial charge in [-0.05, 0) is 24.3 Å². The maximum atomic E-state index is 5.70. The van der Waals surface area contributed by atoms with Gasteiger partial charge >= 0.3 is 0 Å². The van der Waals surface area contributed by atoms with Crippen molar-refractivity contribution in [3.63, 3.8) is 0 Å². The Morgan fingerprint density at radius 2 is 1.94 bits per heavy atom. The van der Waals surface area contributed by atoms with Crippen molar-refractivity contribution in [2.45, 2.75) is 25.6 Å². The van der Waals surface area contributed by atoms with Gasteiger partial charge in [-0.15, -0.1) is 0 Å². The Balaban J connectivity index is 1.53. The normalized spacial score (nSPS) is 23.4. The third-order valence-corrected chi connectivity index (χ3v) is 3.13. The maximum absolute atomic E-state index is 5.70. The number of ether oxygens (including phenoxy) is 2. The molecular weight excluding hydrogens is 214 g/mol. The van der Waals surface area contributed by atoms with E-state index in [0.29, 0.717) is 31.8 Å². The number of hydrogen-bond acceptors (Lipinski definition) is 3. The first kappa shape index (κ1) is 12.6. The van der Waals surface area contributed by atoms with Gasteiger partial charge in [0.05, 0.1) is 25.9 Å². The molecule has 1 aromatic carbocycles. The molecule has 2 N–H and O–H groups in total. The van der Waals surface area contributed by atoms with Crippen molar-refractivity contribution in [2.24, 2.45) is 11.7 Å². The van der Waals surface area contributed by atoms with Crippen LogP contribution in [0.2, 0.25) is 0 Å². The first-order valence-corrected chi connectivity index (χ1v) is 6.32. The Labute approximate surface area is 103 Å². The van der Waals surface area contributed by atoms with Gasteiger partial charge in [-0.3, -0.25) is 0 Å². The standard InChI is InChI=1S/C14H21NO2/c15-6-7-17-14-8-13(9-14)11-16-10-12-4-2-1-3-5-12/h1-5,13-14H,6-11,15H2/t13-,14-. The van der Waals surface area contributed by atoms with Crippen LogP contribution in [-0.4, -0.2) is 25.9 Å². The van der Waals surface area contributed by atoms with E-state index in [2.05, 4.69) is 12.1 Å². The second-order valence-corrected chi connectivity index (χ2v) is 4.62. The fourth-order valence-electron chi connectivity index (χ4n) is 2.10. The molecule has 0 bridgehead atoms. The zero-order valence-electron chi connectivity index (χ0n) is 10.2. The van der Waals surface area contributed by atoms with Crippen molar-refractivity contribution in [3.8, 4) is 0 Å². The summed E-state index contributed by atoms with van der Waals surface area (Å²) in [7, 11) is 0. The number of benzene rings is 1. The molecule has 1 aliphatic carbocycles. The van der Waals surface area contributed by atoms with Gasteiger partial charge in [-0.1, -0.05) is 30.3 Å². The van der Waals surface area contributed by atoms with E-state index in [1.807, 2.05) is 18.2 Å². The van der Waals surface area contributed by atoms with Gasteiger partial charge in [0.2, 0.25) is 0 Å². The minimum atomic E-state index is 0.420. The van der Waals surface area contributed by atoms with Gasteiger partial charge in [-0.2, -0.15) is 0 Å². The summed E-state index contributed by atoms with van der Waals surface area (Å²) >= 11 is 0. The lowest BCUT2D eigenvalue weighted by Crippen LogP contribution is -2.35. The van der Waals surface area contributed by atoms with Crippen LogP contribution in [0.25, 0.3) is 0 Å². The smallest absolute Gasteiger partial charge is 0.0717 e. The fraction of sp³-hybridized carbons (Fsp3) is 0.571. The van der Waals surface area contributed by atoms with Crippen LogP contribution in [-0.2, 0) is 16.1 Å². The van der Waals surface area contributed by atoms with E-state index in [0.717, 1.165) is 19.4 Å². The third-order valence-electron chi connectivity index (χ3n) is 3.13. The second kappa shape index (κ2) is 6.74. The third kappa shape index (κ3) is 4.11. The SMILES string of the molecule is NCCO[C@H]1C[C@H](COCc2ccccc2)C1. The van der Waals surface area contributed by atoms with E-state index >= 15 is 0 Å². The topological polar surface area (TPSA) is 44.5 Å². The molecule has 0 spiro atoms. The molecule has 17 heavy (non-hydrogen) atoms. The van der Waals surface area contributed by atoms with E-state index in [1.54, 1.807) is 0 Å². The number of rotatable bonds is 7. The molecule has 0 aliphatic heterocycles. The average molecular weight is 235 g/mol. The molecule has 1 aromatic rings. The summed E-state index contributed by atoms with van der Waals surface area (Å²) in [6.07, 6.45) is 2.66.